The lowest BCUT2D eigenvalue weighted by molar-refractivity contribution is -0.187. The number of carbonyl (C=O) groups is 1. The van der Waals surface area contributed by atoms with Gasteiger partial charge in [0, 0.05) is 31.6 Å². The fourth-order valence-electron chi connectivity index (χ4n) is 3.02. The molecule has 0 bridgehead atoms. The molecule has 25 heavy (non-hydrogen) atoms. The molecule has 1 aromatic rings. The number of piperidine rings is 1. The van der Waals surface area contributed by atoms with Gasteiger partial charge in [0.25, 0.3) is 0 Å². The van der Waals surface area contributed by atoms with Gasteiger partial charge in [-0.1, -0.05) is 11.6 Å². The van der Waals surface area contributed by atoms with Gasteiger partial charge in [0.05, 0.1) is 30.3 Å². The van der Waals surface area contributed by atoms with E-state index in [0.717, 1.165) is 12.1 Å². The predicted molar refractivity (Wildman–Crippen MR) is 85.4 cm³/mol. The Morgan fingerprint density at radius 1 is 1.24 bits per heavy atom. The summed E-state index contributed by atoms with van der Waals surface area (Å²) in [4.78, 5) is 13.9. The van der Waals surface area contributed by atoms with Crippen molar-refractivity contribution in [1.82, 2.24) is 4.90 Å². The first-order valence-electron chi connectivity index (χ1n) is 7.95. The van der Waals surface area contributed by atoms with Crippen molar-refractivity contribution in [3.8, 4) is 0 Å². The van der Waals surface area contributed by atoms with Crippen molar-refractivity contribution in [2.45, 2.75) is 24.8 Å². The maximum absolute atomic E-state index is 12.9. The van der Waals surface area contributed by atoms with Crippen LogP contribution >= 0.6 is 11.6 Å². The Bertz CT molecular complexity index is 638. The molecule has 2 aliphatic heterocycles. The van der Waals surface area contributed by atoms with Crippen LogP contribution in [0.3, 0.4) is 0 Å². The van der Waals surface area contributed by atoms with Gasteiger partial charge in [-0.05, 0) is 18.2 Å². The summed E-state index contributed by atoms with van der Waals surface area (Å²) in [5.74, 6) is -0.751. The van der Waals surface area contributed by atoms with Crippen LogP contribution in [0.2, 0.25) is 5.02 Å². The molecular weight excluding hydrogens is 361 g/mol. The molecule has 2 fully saturated rings. The first-order chi connectivity index (χ1) is 11.8. The number of ether oxygens (including phenoxy) is 2. The summed E-state index contributed by atoms with van der Waals surface area (Å²) in [7, 11) is 0. The van der Waals surface area contributed by atoms with Gasteiger partial charge < -0.3 is 19.7 Å². The zero-order valence-corrected chi connectivity index (χ0v) is 14.1. The summed E-state index contributed by atoms with van der Waals surface area (Å²) >= 11 is 5.58. The molecule has 0 saturated carbocycles. The Hall–Kier alpha value is -1.51. The van der Waals surface area contributed by atoms with Crippen LogP contribution in [0.5, 0.6) is 0 Å². The molecule has 0 atom stereocenters. The average Bonchev–Trinajstić information content (AvgIpc) is 3.01. The zero-order chi connectivity index (χ0) is 18.1. The van der Waals surface area contributed by atoms with Crippen LogP contribution in [0, 0.1) is 0 Å². The van der Waals surface area contributed by atoms with E-state index in [4.69, 9.17) is 21.1 Å². The molecule has 3 rings (SSSR count). The van der Waals surface area contributed by atoms with E-state index in [1.165, 1.54) is 6.07 Å². The van der Waals surface area contributed by atoms with Gasteiger partial charge in [-0.25, -0.2) is 0 Å². The van der Waals surface area contributed by atoms with Crippen LogP contribution in [0.25, 0.3) is 0 Å². The van der Waals surface area contributed by atoms with Crippen molar-refractivity contribution in [2.75, 3.05) is 38.2 Å². The van der Waals surface area contributed by atoms with E-state index >= 15 is 0 Å². The van der Waals surface area contributed by atoms with Gasteiger partial charge in [-0.2, -0.15) is 13.2 Å². The number of benzene rings is 1. The number of carbonyl (C=O) groups excluding carboxylic acids is 1. The van der Waals surface area contributed by atoms with Gasteiger partial charge in [-0.15, -0.1) is 0 Å². The molecule has 1 N–H and O–H groups in total. The Morgan fingerprint density at radius 3 is 2.48 bits per heavy atom. The maximum atomic E-state index is 12.9. The molecule has 1 amide bonds. The van der Waals surface area contributed by atoms with Crippen LogP contribution in [-0.4, -0.2) is 49.4 Å². The second-order valence-electron chi connectivity index (χ2n) is 6.03. The number of likely N-dealkylation sites (tertiary alicyclic amines) is 1. The monoisotopic (exact) mass is 378 g/mol. The fourth-order valence-corrected chi connectivity index (χ4v) is 3.25. The van der Waals surface area contributed by atoms with Crippen LogP contribution in [0.4, 0.5) is 18.9 Å². The molecular formula is C16H18ClF3N2O3. The smallest absolute Gasteiger partial charge is 0.376 e. The summed E-state index contributed by atoms with van der Waals surface area (Å²) in [6, 6.07) is 3.48. The molecule has 138 valence electrons. The molecule has 0 aliphatic carbocycles. The predicted octanol–water partition coefficient (Wildman–Crippen LogP) is 3.14. The third-order valence-corrected chi connectivity index (χ3v) is 4.74. The molecule has 9 heteroatoms. The van der Waals surface area contributed by atoms with E-state index in [9.17, 15) is 18.0 Å². The third kappa shape index (κ3) is 4.19. The highest BCUT2D eigenvalue weighted by Crippen LogP contribution is 2.36. The molecule has 1 spiro atoms. The Labute approximate surface area is 148 Å². The number of amides is 1. The summed E-state index contributed by atoms with van der Waals surface area (Å²) < 4.78 is 49.8. The number of anilines is 1. The normalized spacial score (nSPS) is 20.1. The number of nitrogens with one attached hydrogen (secondary N) is 1. The Morgan fingerprint density at radius 2 is 1.88 bits per heavy atom. The first kappa shape index (κ1) is 18.3. The topological polar surface area (TPSA) is 50.8 Å². The first-order valence-corrected chi connectivity index (χ1v) is 8.33. The van der Waals surface area contributed by atoms with E-state index < -0.39 is 17.5 Å². The number of alkyl halides is 3. The maximum Gasteiger partial charge on any atom is 0.417 e. The molecule has 0 aromatic heterocycles. The van der Waals surface area contributed by atoms with Crippen molar-refractivity contribution < 1.29 is 27.4 Å². The van der Waals surface area contributed by atoms with E-state index in [1.807, 2.05) is 0 Å². The number of hydrogen-bond donors (Lipinski definition) is 1. The number of nitrogens with zero attached hydrogens (tertiary/aromatic N) is 1. The van der Waals surface area contributed by atoms with E-state index in [-0.39, 0.29) is 23.2 Å². The minimum atomic E-state index is -4.54. The summed E-state index contributed by atoms with van der Waals surface area (Å²) in [5.41, 5.74) is -0.733. The van der Waals surface area contributed by atoms with Crippen molar-refractivity contribution in [3.63, 3.8) is 0 Å². The van der Waals surface area contributed by atoms with E-state index in [1.54, 1.807) is 4.90 Å². The van der Waals surface area contributed by atoms with Crippen molar-refractivity contribution in [2.24, 2.45) is 0 Å². The lowest BCUT2D eigenvalue weighted by Gasteiger charge is -2.37. The molecule has 2 saturated heterocycles. The minimum Gasteiger partial charge on any atom is -0.376 e. The van der Waals surface area contributed by atoms with Crippen LogP contribution < -0.4 is 5.32 Å². The molecule has 0 radical (unpaired) electrons. The number of halogens is 4. The van der Waals surface area contributed by atoms with Crippen molar-refractivity contribution >= 4 is 23.2 Å². The zero-order valence-electron chi connectivity index (χ0n) is 13.4. The summed E-state index contributed by atoms with van der Waals surface area (Å²) in [5, 5.41) is 2.36. The van der Waals surface area contributed by atoms with Gasteiger partial charge >= 0.3 is 6.18 Å². The van der Waals surface area contributed by atoms with Crippen LogP contribution in [0.1, 0.15) is 18.4 Å². The van der Waals surface area contributed by atoms with E-state index in [0.29, 0.717) is 39.1 Å². The largest absolute Gasteiger partial charge is 0.417 e. The number of rotatable bonds is 3. The second-order valence-corrected chi connectivity index (χ2v) is 6.44. The van der Waals surface area contributed by atoms with Crippen LogP contribution in [-0.2, 0) is 20.4 Å². The molecule has 0 unspecified atom stereocenters. The highest BCUT2D eigenvalue weighted by Gasteiger charge is 2.40. The molecule has 5 nitrogen and oxygen atoms in total. The van der Waals surface area contributed by atoms with Gasteiger partial charge in [0.1, 0.15) is 0 Å². The van der Waals surface area contributed by atoms with E-state index in [2.05, 4.69) is 5.32 Å². The third-order valence-electron chi connectivity index (χ3n) is 4.41. The molecule has 2 heterocycles. The molecule has 2 aliphatic rings. The Kier molecular flexibility index (Phi) is 5.13. The SMILES string of the molecule is O=C(CNc1ccc(Cl)c(C(F)(F)F)c1)N1CCC2(CC1)OCCO2. The average molecular weight is 379 g/mol. The highest BCUT2D eigenvalue weighted by molar-refractivity contribution is 6.31. The summed E-state index contributed by atoms with van der Waals surface area (Å²) in [6.45, 7) is 2.03. The molecule has 1 aromatic carbocycles. The lowest BCUT2D eigenvalue weighted by Crippen LogP contribution is -2.48. The fraction of sp³-hybridized carbons (Fsp3) is 0.562. The second kappa shape index (κ2) is 7.01. The minimum absolute atomic E-state index is 0.0896. The standard InChI is InChI=1S/C16H18ClF3N2O3/c17-13-2-1-11(9-12(13)16(18,19)20)21-10-14(23)22-5-3-15(4-6-22)24-7-8-25-15/h1-2,9,21H,3-8,10H2. The highest BCUT2D eigenvalue weighted by atomic mass is 35.5. The van der Waals surface area contributed by atoms with Crippen molar-refractivity contribution in [3.05, 3.63) is 28.8 Å². The van der Waals surface area contributed by atoms with Gasteiger partial charge in [-0.3, -0.25) is 4.79 Å². The summed E-state index contributed by atoms with van der Waals surface area (Å²) in [6.07, 6.45) is -3.35. The van der Waals surface area contributed by atoms with Gasteiger partial charge in [0.15, 0.2) is 5.79 Å². The van der Waals surface area contributed by atoms with Crippen LogP contribution in [0.15, 0.2) is 18.2 Å². The van der Waals surface area contributed by atoms with Crippen molar-refractivity contribution in [1.29, 1.82) is 0 Å². The number of hydrogen-bond acceptors (Lipinski definition) is 4. The van der Waals surface area contributed by atoms with Gasteiger partial charge in [0.2, 0.25) is 5.91 Å². The lowest BCUT2D eigenvalue weighted by atomic mass is 10.0. The Balaban J connectivity index is 1.54. The quantitative estimate of drug-likeness (QED) is 0.878.